The van der Waals surface area contributed by atoms with Gasteiger partial charge in [-0.25, -0.2) is 19.9 Å². The molecule has 45 heavy (non-hydrogen) atoms. The molecule has 0 N–H and O–H groups in total. The standard InChI is InChI=1S/C40H26N4O/c1-3-13-26(14-4-1)38-42-39(27-15-5-2-6-16-27)44-40(43-38)28-22-23-33-32(24-28)37-35(31-19-9-10-21-34(31)45-37)36(41-33)30-20-11-17-25-12-7-8-18-29(25)30/h1,3-5,7-24H,2,6H2. The molecule has 0 atom stereocenters. The predicted octanol–water partition coefficient (Wildman–Crippen LogP) is 10.2. The van der Waals surface area contributed by atoms with Gasteiger partial charge in [0.25, 0.3) is 0 Å². The van der Waals surface area contributed by atoms with E-state index in [9.17, 15) is 0 Å². The van der Waals surface area contributed by atoms with Crippen LogP contribution in [0, 0.1) is 0 Å². The summed E-state index contributed by atoms with van der Waals surface area (Å²) in [5.74, 6) is 1.94. The first-order valence-corrected chi connectivity index (χ1v) is 15.2. The minimum atomic E-state index is 0.614. The molecule has 9 rings (SSSR count). The Morgan fingerprint density at radius 1 is 0.556 bits per heavy atom. The molecular weight excluding hydrogens is 552 g/mol. The van der Waals surface area contributed by atoms with E-state index in [-0.39, 0.29) is 0 Å². The zero-order valence-electron chi connectivity index (χ0n) is 24.3. The van der Waals surface area contributed by atoms with Crippen molar-refractivity contribution in [2.45, 2.75) is 12.8 Å². The van der Waals surface area contributed by atoms with Crippen LogP contribution in [0.1, 0.15) is 18.7 Å². The molecule has 0 fully saturated rings. The Kier molecular flexibility index (Phi) is 5.88. The SMILES string of the molecule is C1=CC(c2nc(-c3ccccc3)nc(-c3ccc4nc(-c5cccc6ccccc56)c5c6ccccc6oc5c4c3)n2)=CCC1. The molecule has 5 heteroatoms. The average Bonchev–Trinajstić information content (AvgIpc) is 3.52. The quantitative estimate of drug-likeness (QED) is 0.208. The number of furan rings is 1. The van der Waals surface area contributed by atoms with Gasteiger partial charge in [-0.2, -0.15) is 0 Å². The summed E-state index contributed by atoms with van der Waals surface area (Å²) in [5.41, 5.74) is 7.33. The first-order valence-electron chi connectivity index (χ1n) is 15.2. The van der Waals surface area contributed by atoms with Gasteiger partial charge in [0.2, 0.25) is 0 Å². The van der Waals surface area contributed by atoms with Gasteiger partial charge in [0.1, 0.15) is 11.2 Å². The first kappa shape index (κ1) is 25.5. The van der Waals surface area contributed by atoms with Crippen molar-refractivity contribution in [3.8, 4) is 34.0 Å². The molecular formula is C40H26N4O. The second-order valence-corrected chi connectivity index (χ2v) is 11.3. The Morgan fingerprint density at radius 3 is 2.18 bits per heavy atom. The number of rotatable bonds is 4. The number of nitrogens with zero attached hydrogens (tertiary/aromatic N) is 4. The molecule has 0 bridgehead atoms. The van der Waals surface area contributed by atoms with E-state index in [0.717, 1.165) is 79.0 Å². The molecule has 1 aliphatic carbocycles. The number of hydrogen-bond donors (Lipinski definition) is 0. The maximum absolute atomic E-state index is 6.63. The lowest BCUT2D eigenvalue weighted by Gasteiger charge is -2.12. The molecule has 0 unspecified atom stereocenters. The van der Waals surface area contributed by atoms with Crippen LogP contribution < -0.4 is 0 Å². The zero-order chi connectivity index (χ0) is 29.7. The molecule has 0 aliphatic heterocycles. The fourth-order valence-corrected chi connectivity index (χ4v) is 6.36. The normalized spacial score (nSPS) is 13.2. The number of fused-ring (bicyclic) bond motifs is 6. The van der Waals surface area contributed by atoms with Gasteiger partial charge in [0.15, 0.2) is 17.5 Å². The van der Waals surface area contributed by atoms with Crippen LogP contribution in [0.25, 0.3) is 83.2 Å². The van der Waals surface area contributed by atoms with Crippen LogP contribution in [0.2, 0.25) is 0 Å². The van der Waals surface area contributed by atoms with E-state index in [4.69, 9.17) is 24.4 Å². The molecule has 0 saturated carbocycles. The highest BCUT2D eigenvalue weighted by atomic mass is 16.3. The molecule has 212 valence electrons. The Hall–Kier alpha value is -5.94. The van der Waals surface area contributed by atoms with E-state index in [0.29, 0.717) is 17.5 Å². The maximum atomic E-state index is 6.63. The van der Waals surface area contributed by atoms with Crippen molar-refractivity contribution in [2.75, 3.05) is 0 Å². The second-order valence-electron chi connectivity index (χ2n) is 11.3. The largest absolute Gasteiger partial charge is 0.455 e. The topological polar surface area (TPSA) is 64.7 Å². The predicted molar refractivity (Wildman–Crippen MR) is 183 cm³/mol. The number of hydrogen-bond acceptors (Lipinski definition) is 5. The van der Waals surface area contributed by atoms with Crippen LogP contribution >= 0.6 is 0 Å². The summed E-state index contributed by atoms with van der Waals surface area (Å²) < 4.78 is 6.63. The Bertz CT molecular complexity index is 2490. The van der Waals surface area contributed by atoms with E-state index in [1.54, 1.807) is 0 Å². The minimum absolute atomic E-state index is 0.614. The summed E-state index contributed by atoms with van der Waals surface area (Å²) in [7, 11) is 0. The summed E-state index contributed by atoms with van der Waals surface area (Å²) >= 11 is 0. The lowest BCUT2D eigenvalue weighted by atomic mass is 9.97. The van der Waals surface area contributed by atoms with Gasteiger partial charge in [-0.3, -0.25) is 0 Å². The molecule has 5 aromatic carbocycles. The van der Waals surface area contributed by atoms with Gasteiger partial charge in [0, 0.05) is 33.0 Å². The highest BCUT2D eigenvalue weighted by molar-refractivity contribution is 6.21. The summed E-state index contributed by atoms with van der Waals surface area (Å²) in [6.45, 7) is 0. The molecule has 3 heterocycles. The summed E-state index contributed by atoms with van der Waals surface area (Å²) in [4.78, 5) is 20.2. The summed E-state index contributed by atoms with van der Waals surface area (Å²) in [6.07, 6.45) is 8.48. The number of pyridine rings is 1. The van der Waals surface area contributed by atoms with Gasteiger partial charge in [-0.1, -0.05) is 109 Å². The fourth-order valence-electron chi connectivity index (χ4n) is 6.36. The van der Waals surface area contributed by atoms with Crippen molar-refractivity contribution in [1.29, 1.82) is 0 Å². The van der Waals surface area contributed by atoms with Crippen LogP contribution in [-0.4, -0.2) is 19.9 Å². The van der Waals surface area contributed by atoms with Gasteiger partial charge in [-0.15, -0.1) is 0 Å². The molecule has 3 aromatic heterocycles. The van der Waals surface area contributed by atoms with E-state index in [1.807, 2.05) is 42.5 Å². The van der Waals surface area contributed by atoms with E-state index in [1.165, 1.54) is 5.39 Å². The van der Waals surface area contributed by atoms with Crippen molar-refractivity contribution >= 4 is 49.2 Å². The summed E-state index contributed by atoms with van der Waals surface area (Å²) in [6, 6.07) is 39.3. The highest BCUT2D eigenvalue weighted by Gasteiger charge is 2.20. The molecule has 0 spiro atoms. The van der Waals surface area contributed by atoms with E-state index >= 15 is 0 Å². The third-order valence-electron chi connectivity index (χ3n) is 8.53. The van der Waals surface area contributed by atoms with E-state index in [2.05, 4.69) is 91.0 Å². The maximum Gasteiger partial charge on any atom is 0.164 e. The van der Waals surface area contributed by atoms with Gasteiger partial charge in [0.05, 0.1) is 16.6 Å². The Balaban J connectivity index is 1.30. The van der Waals surface area contributed by atoms with Crippen molar-refractivity contribution in [3.05, 3.63) is 139 Å². The fraction of sp³-hybridized carbons (Fsp3) is 0.0500. The zero-order valence-corrected chi connectivity index (χ0v) is 24.3. The van der Waals surface area contributed by atoms with Crippen molar-refractivity contribution in [1.82, 2.24) is 19.9 Å². The third-order valence-corrected chi connectivity index (χ3v) is 8.53. The van der Waals surface area contributed by atoms with E-state index < -0.39 is 0 Å². The van der Waals surface area contributed by atoms with Crippen molar-refractivity contribution in [2.24, 2.45) is 0 Å². The molecule has 1 aliphatic rings. The van der Waals surface area contributed by atoms with Gasteiger partial charge >= 0.3 is 0 Å². The number of aromatic nitrogens is 4. The lowest BCUT2D eigenvalue weighted by molar-refractivity contribution is 0.672. The minimum Gasteiger partial charge on any atom is -0.455 e. The smallest absolute Gasteiger partial charge is 0.164 e. The number of allylic oxidation sites excluding steroid dienone is 4. The molecule has 0 radical (unpaired) electrons. The molecule has 0 saturated heterocycles. The number of para-hydroxylation sites is 1. The van der Waals surface area contributed by atoms with Gasteiger partial charge < -0.3 is 4.42 Å². The first-order chi connectivity index (χ1) is 22.3. The average molecular weight is 579 g/mol. The van der Waals surface area contributed by atoms with Crippen LogP contribution in [-0.2, 0) is 0 Å². The third kappa shape index (κ3) is 4.32. The van der Waals surface area contributed by atoms with Crippen LogP contribution in [0.4, 0.5) is 0 Å². The lowest BCUT2D eigenvalue weighted by Crippen LogP contribution is -2.03. The Morgan fingerprint density at radius 2 is 1.31 bits per heavy atom. The number of benzene rings is 5. The second kappa shape index (κ2) is 10.4. The monoisotopic (exact) mass is 578 g/mol. The van der Waals surface area contributed by atoms with Crippen LogP contribution in [0.5, 0.6) is 0 Å². The van der Waals surface area contributed by atoms with Crippen molar-refractivity contribution in [3.63, 3.8) is 0 Å². The molecule has 0 amide bonds. The summed E-state index contributed by atoms with van der Waals surface area (Å²) in [5, 5.41) is 5.30. The molecule has 8 aromatic rings. The van der Waals surface area contributed by atoms with Crippen LogP contribution in [0.15, 0.2) is 138 Å². The van der Waals surface area contributed by atoms with Gasteiger partial charge in [-0.05, 0) is 47.9 Å². The van der Waals surface area contributed by atoms with Crippen molar-refractivity contribution < 1.29 is 4.42 Å². The highest BCUT2D eigenvalue weighted by Crippen LogP contribution is 2.42. The Labute approximate surface area is 259 Å². The van der Waals surface area contributed by atoms with Crippen LogP contribution in [0.3, 0.4) is 0 Å². The molecule has 5 nitrogen and oxygen atoms in total.